The van der Waals surface area contributed by atoms with Gasteiger partial charge in [0.15, 0.2) is 5.69 Å². The number of hydrogen-bond donors (Lipinski definition) is 1. The molecule has 2 heterocycles. The Labute approximate surface area is 141 Å². The monoisotopic (exact) mass is 348 g/mol. The van der Waals surface area contributed by atoms with E-state index in [2.05, 4.69) is 9.71 Å². The fourth-order valence-corrected chi connectivity index (χ4v) is 4.05. The van der Waals surface area contributed by atoms with Crippen LogP contribution in [0, 0.1) is 5.92 Å². The summed E-state index contributed by atoms with van der Waals surface area (Å²) in [6.45, 7) is 4.69. The zero-order valence-electron chi connectivity index (χ0n) is 13.9. The maximum atomic E-state index is 12.7. The van der Waals surface area contributed by atoms with E-state index in [9.17, 15) is 13.2 Å². The van der Waals surface area contributed by atoms with E-state index in [1.54, 1.807) is 40.8 Å². The van der Waals surface area contributed by atoms with Gasteiger partial charge in [0.05, 0.1) is 17.9 Å². The van der Waals surface area contributed by atoms with Gasteiger partial charge in [0, 0.05) is 13.6 Å². The molecule has 1 N–H and O–H groups in total. The van der Waals surface area contributed by atoms with Crippen LogP contribution in [0.2, 0.25) is 0 Å². The number of fused-ring (bicyclic) bond motifs is 3. The van der Waals surface area contributed by atoms with Crippen molar-refractivity contribution < 1.29 is 13.2 Å². The van der Waals surface area contributed by atoms with Gasteiger partial charge in [-0.3, -0.25) is 9.36 Å². The SMILES string of the molecule is CC(C)CN(C)C(=O)c1ncn2c1CNS(=O)(=O)c1ccccc1-2. The zero-order chi connectivity index (χ0) is 17.5. The summed E-state index contributed by atoms with van der Waals surface area (Å²) >= 11 is 0. The summed E-state index contributed by atoms with van der Waals surface area (Å²) < 4.78 is 29.0. The number of aromatic nitrogens is 2. The maximum Gasteiger partial charge on any atom is 0.274 e. The van der Waals surface area contributed by atoms with Crippen LogP contribution in [0.4, 0.5) is 0 Å². The van der Waals surface area contributed by atoms with Gasteiger partial charge in [-0.2, -0.15) is 0 Å². The van der Waals surface area contributed by atoms with Crippen molar-refractivity contribution in [3.05, 3.63) is 42.0 Å². The average Bonchev–Trinajstić information content (AvgIpc) is 2.90. The largest absolute Gasteiger partial charge is 0.340 e. The molecule has 0 radical (unpaired) electrons. The smallest absolute Gasteiger partial charge is 0.274 e. The van der Waals surface area contributed by atoms with Gasteiger partial charge in [0.1, 0.15) is 11.2 Å². The Hall–Kier alpha value is -2.19. The molecule has 0 fully saturated rings. The van der Waals surface area contributed by atoms with E-state index >= 15 is 0 Å². The lowest BCUT2D eigenvalue weighted by Crippen LogP contribution is -2.32. The lowest BCUT2D eigenvalue weighted by Gasteiger charge is -2.19. The molecule has 1 amide bonds. The van der Waals surface area contributed by atoms with Crippen LogP contribution in [0.15, 0.2) is 35.5 Å². The first-order valence-electron chi connectivity index (χ1n) is 7.72. The zero-order valence-corrected chi connectivity index (χ0v) is 14.7. The molecule has 1 aromatic carbocycles. The molecule has 1 aliphatic rings. The second-order valence-electron chi connectivity index (χ2n) is 6.28. The van der Waals surface area contributed by atoms with Gasteiger partial charge in [0.2, 0.25) is 10.0 Å². The van der Waals surface area contributed by atoms with E-state index in [1.165, 1.54) is 6.33 Å². The second-order valence-corrected chi connectivity index (χ2v) is 8.02. The van der Waals surface area contributed by atoms with E-state index < -0.39 is 10.0 Å². The number of para-hydroxylation sites is 1. The molecule has 8 heteroatoms. The van der Waals surface area contributed by atoms with Crippen LogP contribution in [0.3, 0.4) is 0 Å². The molecule has 0 saturated carbocycles. The lowest BCUT2D eigenvalue weighted by atomic mass is 10.2. The fraction of sp³-hybridized carbons (Fsp3) is 0.375. The van der Waals surface area contributed by atoms with Crippen molar-refractivity contribution in [1.29, 1.82) is 0 Å². The van der Waals surface area contributed by atoms with E-state index in [-0.39, 0.29) is 23.0 Å². The minimum absolute atomic E-state index is 0.0214. The summed E-state index contributed by atoms with van der Waals surface area (Å²) in [5, 5.41) is 0. The third-order valence-electron chi connectivity index (χ3n) is 3.90. The van der Waals surface area contributed by atoms with Crippen LogP contribution in [-0.2, 0) is 16.6 Å². The van der Waals surface area contributed by atoms with Gasteiger partial charge in [-0.1, -0.05) is 26.0 Å². The van der Waals surface area contributed by atoms with Crippen molar-refractivity contribution in [3.8, 4) is 5.69 Å². The number of nitrogens with one attached hydrogen (secondary N) is 1. The Balaban J connectivity index is 2.08. The summed E-state index contributed by atoms with van der Waals surface area (Å²) in [6.07, 6.45) is 1.51. The highest BCUT2D eigenvalue weighted by molar-refractivity contribution is 7.89. The number of amides is 1. The number of nitrogens with zero attached hydrogens (tertiary/aromatic N) is 3. The Morgan fingerprint density at radius 1 is 1.38 bits per heavy atom. The van der Waals surface area contributed by atoms with Crippen LogP contribution in [0.5, 0.6) is 0 Å². The van der Waals surface area contributed by atoms with Crippen molar-refractivity contribution in [2.75, 3.05) is 13.6 Å². The van der Waals surface area contributed by atoms with E-state index in [1.807, 2.05) is 13.8 Å². The van der Waals surface area contributed by atoms with Gasteiger partial charge < -0.3 is 4.90 Å². The first-order valence-corrected chi connectivity index (χ1v) is 9.20. The normalized spacial score (nSPS) is 15.5. The van der Waals surface area contributed by atoms with Gasteiger partial charge in [-0.05, 0) is 18.1 Å². The van der Waals surface area contributed by atoms with Crippen molar-refractivity contribution in [1.82, 2.24) is 19.2 Å². The molecule has 7 nitrogen and oxygen atoms in total. The molecule has 2 aromatic rings. The predicted octanol–water partition coefficient (Wildman–Crippen LogP) is 1.39. The summed E-state index contributed by atoms with van der Waals surface area (Å²) in [7, 11) is -1.90. The molecule has 0 atom stereocenters. The number of hydrogen-bond acceptors (Lipinski definition) is 4. The quantitative estimate of drug-likeness (QED) is 0.908. The number of imidazole rings is 1. The first-order chi connectivity index (χ1) is 11.3. The highest BCUT2D eigenvalue weighted by Gasteiger charge is 2.29. The van der Waals surface area contributed by atoms with Crippen LogP contribution < -0.4 is 4.72 Å². The van der Waals surface area contributed by atoms with Crippen LogP contribution >= 0.6 is 0 Å². The molecular formula is C16H20N4O3S. The minimum atomic E-state index is -3.62. The van der Waals surface area contributed by atoms with Crippen LogP contribution in [0.1, 0.15) is 30.0 Å². The first kappa shape index (κ1) is 16.7. The van der Waals surface area contributed by atoms with E-state index in [0.29, 0.717) is 23.8 Å². The summed E-state index contributed by atoms with van der Waals surface area (Å²) in [5.41, 5.74) is 1.32. The van der Waals surface area contributed by atoms with Crippen molar-refractivity contribution in [2.45, 2.75) is 25.3 Å². The number of rotatable bonds is 3. The van der Waals surface area contributed by atoms with E-state index in [0.717, 1.165) is 0 Å². The van der Waals surface area contributed by atoms with Crippen LogP contribution in [-0.4, -0.2) is 42.4 Å². The molecule has 0 saturated heterocycles. The van der Waals surface area contributed by atoms with Crippen molar-refractivity contribution >= 4 is 15.9 Å². The van der Waals surface area contributed by atoms with Gasteiger partial charge in [-0.25, -0.2) is 18.1 Å². The molecule has 1 aliphatic heterocycles. The van der Waals surface area contributed by atoms with Gasteiger partial charge >= 0.3 is 0 Å². The van der Waals surface area contributed by atoms with Crippen molar-refractivity contribution in [2.24, 2.45) is 5.92 Å². The average molecular weight is 348 g/mol. The molecule has 0 aliphatic carbocycles. The predicted molar refractivity (Wildman–Crippen MR) is 89.4 cm³/mol. The van der Waals surface area contributed by atoms with Crippen LogP contribution in [0.25, 0.3) is 5.69 Å². The second kappa shape index (κ2) is 6.03. The standard InChI is InChI=1S/C16H20N4O3S/c1-11(2)9-19(3)16(21)15-13-8-18-24(22,23)14-7-5-4-6-12(14)20(13)10-17-15/h4-7,10-11,18H,8-9H2,1-3H3. The Morgan fingerprint density at radius 3 is 2.79 bits per heavy atom. The number of carbonyl (C=O) groups excluding carboxylic acids is 1. The fourth-order valence-electron chi connectivity index (χ4n) is 2.86. The molecule has 128 valence electrons. The number of benzene rings is 1. The Morgan fingerprint density at radius 2 is 2.08 bits per heavy atom. The number of sulfonamides is 1. The summed E-state index contributed by atoms with van der Waals surface area (Å²) in [6, 6.07) is 6.68. The molecule has 0 spiro atoms. The van der Waals surface area contributed by atoms with Crippen molar-refractivity contribution in [3.63, 3.8) is 0 Å². The topological polar surface area (TPSA) is 84.3 Å². The molecule has 0 bridgehead atoms. The van der Waals surface area contributed by atoms with Gasteiger partial charge in [0.25, 0.3) is 5.91 Å². The third-order valence-corrected chi connectivity index (χ3v) is 5.35. The lowest BCUT2D eigenvalue weighted by molar-refractivity contribution is 0.0772. The molecule has 3 rings (SSSR count). The van der Waals surface area contributed by atoms with Gasteiger partial charge in [-0.15, -0.1) is 0 Å². The molecule has 0 unspecified atom stereocenters. The van der Waals surface area contributed by atoms with E-state index in [4.69, 9.17) is 0 Å². The highest BCUT2D eigenvalue weighted by Crippen LogP contribution is 2.26. The Bertz CT molecular complexity index is 886. The number of carbonyl (C=O) groups is 1. The molecule has 1 aromatic heterocycles. The summed E-state index contributed by atoms with van der Waals surface area (Å²) in [5.74, 6) is 0.121. The Kier molecular flexibility index (Phi) is 4.18. The molecular weight excluding hydrogens is 328 g/mol. The minimum Gasteiger partial charge on any atom is -0.340 e. The maximum absolute atomic E-state index is 12.7. The highest BCUT2D eigenvalue weighted by atomic mass is 32.2. The summed E-state index contributed by atoms with van der Waals surface area (Å²) in [4.78, 5) is 18.7. The third kappa shape index (κ3) is 2.83. The molecule has 24 heavy (non-hydrogen) atoms.